The summed E-state index contributed by atoms with van der Waals surface area (Å²) >= 11 is 0. The van der Waals surface area contributed by atoms with Gasteiger partial charge in [0, 0.05) is 24.9 Å². The minimum absolute atomic E-state index is 0.00380. The first-order valence-electron chi connectivity index (χ1n) is 7.36. The number of hydrogen-bond donors (Lipinski definition) is 1. The van der Waals surface area contributed by atoms with Gasteiger partial charge in [-0.3, -0.25) is 9.59 Å². The number of carbonyl (C=O) groups is 2. The van der Waals surface area contributed by atoms with Gasteiger partial charge >= 0.3 is 0 Å². The van der Waals surface area contributed by atoms with Crippen LogP contribution in [0.3, 0.4) is 0 Å². The topological polar surface area (TPSA) is 49.4 Å². The number of hydrogen-bond acceptors (Lipinski definition) is 2. The van der Waals surface area contributed by atoms with Crippen molar-refractivity contribution in [3.05, 3.63) is 42.0 Å². The molecule has 1 saturated heterocycles. The van der Waals surface area contributed by atoms with Gasteiger partial charge in [0.05, 0.1) is 5.92 Å². The molecule has 1 aliphatic rings. The Kier molecular flexibility index (Phi) is 5.14. The normalized spacial score (nSPS) is 18.0. The molecule has 2 amide bonds. The van der Waals surface area contributed by atoms with Crippen LogP contribution in [0.1, 0.15) is 26.7 Å². The van der Waals surface area contributed by atoms with Gasteiger partial charge in [-0.2, -0.15) is 0 Å². The van der Waals surface area contributed by atoms with Crippen LogP contribution in [-0.4, -0.2) is 29.8 Å². The maximum atomic E-state index is 12.3. The molecule has 0 saturated carbocycles. The number of carbonyl (C=O) groups excluding carboxylic acids is 2. The van der Waals surface area contributed by atoms with Crippen LogP contribution in [0.2, 0.25) is 0 Å². The smallest absolute Gasteiger partial charge is 0.246 e. The van der Waals surface area contributed by atoms with Crippen LogP contribution in [0, 0.1) is 5.92 Å². The molecule has 1 aromatic rings. The first kappa shape index (κ1) is 15.3. The van der Waals surface area contributed by atoms with E-state index in [0.717, 1.165) is 30.6 Å². The molecule has 1 atom stereocenters. The Bertz CT molecular complexity index is 533. The van der Waals surface area contributed by atoms with Gasteiger partial charge in [-0.05, 0) is 38.8 Å². The van der Waals surface area contributed by atoms with E-state index in [2.05, 4.69) is 5.32 Å². The van der Waals surface area contributed by atoms with E-state index in [1.54, 1.807) is 11.0 Å². The van der Waals surface area contributed by atoms with E-state index < -0.39 is 0 Å². The molecule has 0 radical (unpaired) electrons. The molecule has 0 bridgehead atoms. The van der Waals surface area contributed by atoms with E-state index in [1.807, 2.05) is 44.2 Å². The van der Waals surface area contributed by atoms with Crippen molar-refractivity contribution in [2.24, 2.45) is 5.92 Å². The highest BCUT2D eigenvalue weighted by Gasteiger charge is 2.27. The van der Waals surface area contributed by atoms with E-state index in [1.165, 1.54) is 0 Å². The number of piperidine rings is 1. The van der Waals surface area contributed by atoms with Crippen LogP contribution in [0.25, 0.3) is 0 Å². The first-order valence-corrected chi connectivity index (χ1v) is 7.36. The number of para-hydroxylation sites is 1. The number of rotatable bonds is 3. The van der Waals surface area contributed by atoms with E-state index in [-0.39, 0.29) is 17.7 Å². The number of anilines is 1. The van der Waals surface area contributed by atoms with Gasteiger partial charge in [0.25, 0.3) is 0 Å². The molecule has 0 aliphatic carbocycles. The number of nitrogens with zero attached hydrogens (tertiary/aromatic N) is 1. The van der Waals surface area contributed by atoms with Crippen LogP contribution in [-0.2, 0) is 9.59 Å². The van der Waals surface area contributed by atoms with Crippen molar-refractivity contribution in [2.75, 3.05) is 18.4 Å². The maximum Gasteiger partial charge on any atom is 0.246 e. The minimum Gasteiger partial charge on any atom is -0.338 e. The largest absolute Gasteiger partial charge is 0.338 e. The van der Waals surface area contributed by atoms with Crippen LogP contribution >= 0.6 is 0 Å². The highest BCUT2D eigenvalue weighted by atomic mass is 16.2. The Morgan fingerprint density at radius 1 is 1.24 bits per heavy atom. The summed E-state index contributed by atoms with van der Waals surface area (Å²) in [5.74, 6) is -0.128. The standard InChI is InChI=1S/C17H22N2O2/c1-13(2)11-16(20)19-10-6-7-14(12-19)17(21)18-15-8-4-3-5-9-15/h3-5,8-9,11,14H,6-7,10,12H2,1-2H3,(H,18,21). The summed E-state index contributed by atoms with van der Waals surface area (Å²) in [5, 5.41) is 2.92. The first-order chi connectivity index (χ1) is 10.1. The molecule has 0 spiro atoms. The van der Waals surface area contributed by atoms with E-state index in [0.29, 0.717) is 6.54 Å². The molecule has 21 heavy (non-hydrogen) atoms. The van der Waals surface area contributed by atoms with E-state index in [4.69, 9.17) is 0 Å². The van der Waals surface area contributed by atoms with E-state index in [9.17, 15) is 9.59 Å². The Morgan fingerprint density at radius 3 is 2.62 bits per heavy atom. The molecule has 4 heteroatoms. The van der Waals surface area contributed by atoms with Gasteiger partial charge in [-0.1, -0.05) is 23.8 Å². The van der Waals surface area contributed by atoms with Crippen molar-refractivity contribution in [3.8, 4) is 0 Å². The summed E-state index contributed by atoms with van der Waals surface area (Å²) in [6.45, 7) is 5.04. The molecule has 1 aliphatic heterocycles. The van der Waals surface area contributed by atoms with Crippen molar-refractivity contribution < 1.29 is 9.59 Å². The molecule has 1 aromatic carbocycles. The molecule has 1 unspecified atom stereocenters. The fraction of sp³-hybridized carbons (Fsp3) is 0.412. The zero-order chi connectivity index (χ0) is 15.2. The zero-order valence-corrected chi connectivity index (χ0v) is 12.6. The Hall–Kier alpha value is -2.10. The Morgan fingerprint density at radius 2 is 1.95 bits per heavy atom. The second-order valence-corrected chi connectivity index (χ2v) is 5.70. The quantitative estimate of drug-likeness (QED) is 0.869. The molecular weight excluding hydrogens is 264 g/mol. The highest BCUT2D eigenvalue weighted by Crippen LogP contribution is 2.19. The monoisotopic (exact) mass is 286 g/mol. The van der Waals surface area contributed by atoms with Crippen LogP contribution in [0.4, 0.5) is 5.69 Å². The summed E-state index contributed by atoms with van der Waals surface area (Å²) in [4.78, 5) is 26.1. The number of allylic oxidation sites excluding steroid dienone is 1. The van der Waals surface area contributed by atoms with Gasteiger partial charge in [0.2, 0.25) is 11.8 Å². The average molecular weight is 286 g/mol. The predicted molar refractivity (Wildman–Crippen MR) is 83.8 cm³/mol. The number of likely N-dealkylation sites (tertiary alicyclic amines) is 1. The van der Waals surface area contributed by atoms with E-state index >= 15 is 0 Å². The van der Waals surface area contributed by atoms with Crippen LogP contribution in [0.5, 0.6) is 0 Å². The van der Waals surface area contributed by atoms with Crippen LogP contribution in [0.15, 0.2) is 42.0 Å². The van der Waals surface area contributed by atoms with Gasteiger partial charge in [0.1, 0.15) is 0 Å². The third kappa shape index (κ3) is 4.45. The maximum absolute atomic E-state index is 12.3. The lowest BCUT2D eigenvalue weighted by Crippen LogP contribution is -2.43. The lowest BCUT2D eigenvalue weighted by Gasteiger charge is -2.31. The third-order valence-corrected chi connectivity index (χ3v) is 3.56. The van der Waals surface area contributed by atoms with Crippen molar-refractivity contribution in [1.29, 1.82) is 0 Å². The summed E-state index contributed by atoms with van der Waals surface area (Å²) in [6, 6.07) is 9.43. The summed E-state index contributed by atoms with van der Waals surface area (Å²) < 4.78 is 0. The molecule has 112 valence electrons. The Balaban J connectivity index is 1.96. The van der Waals surface area contributed by atoms with Gasteiger partial charge < -0.3 is 10.2 Å². The number of nitrogens with one attached hydrogen (secondary N) is 1. The molecule has 1 heterocycles. The lowest BCUT2D eigenvalue weighted by molar-refractivity contribution is -0.130. The van der Waals surface area contributed by atoms with Gasteiger partial charge in [-0.15, -0.1) is 0 Å². The van der Waals surface area contributed by atoms with Crippen molar-refractivity contribution in [2.45, 2.75) is 26.7 Å². The molecule has 0 aromatic heterocycles. The van der Waals surface area contributed by atoms with Crippen molar-refractivity contribution in [3.63, 3.8) is 0 Å². The summed E-state index contributed by atoms with van der Waals surface area (Å²) in [5.41, 5.74) is 1.78. The number of benzene rings is 1. The minimum atomic E-state index is -0.131. The lowest BCUT2D eigenvalue weighted by atomic mass is 9.97. The predicted octanol–water partition coefficient (Wildman–Crippen LogP) is 2.83. The average Bonchev–Trinajstić information content (AvgIpc) is 2.47. The molecule has 4 nitrogen and oxygen atoms in total. The molecule has 1 fully saturated rings. The van der Waals surface area contributed by atoms with Crippen LogP contribution < -0.4 is 5.32 Å². The summed E-state index contributed by atoms with van der Waals surface area (Å²) in [7, 11) is 0. The zero-order valence-electron chi connectivity index (χ0n) is 12.6. The second-order valence-electron chi connectivity index (χ2n) is 5.70. The molecule has 2 rings (SSSR count). The fourth-order valence-electron chi connectivity index (χ4n) is 2.50. The molecular formula is C17H22N2O2. The van der Waals surface area contributed by atoms with Gasteiger partial charge in [-0.25, -0.2) is 0 Å². The van der Waals surface area contributed by atoms with Gasteiger partial charge in [0.15, 0.2) is 0 Å². The molecule has 1 N–H and O–H groups in total. The van der Waals surface area contributed by atoms with Crippen molar-refractivity contribution in [1.82, 2.24) is 4.90 Å². The SMILES string of the molecule is CC(C)=CC(=O)N1CCCC(C(=O)Nc2ccccc2)C1. The van der Waals surface area contributed by atoms with Crippen molar-refractivity contribution >= 4 is 17.5 Å². The second kappa shape index (κ2) is 7.07. The summed E-state index contributed by atoms with van der Waals surface area (Å²) in [6.07, 6.45) is 3.34. The third-order valence-electron chi connectivity index (χ3n) is 3.56. The fourth-order valence-corrected chi connectivity index (χ4v) is 2.50. The Labute approximate surface area is 125 Å². The highest BCUT2D eigenvalue weighted by molar-refractivity contribution is 5.94. The number of amides is 2.